The number of nitrogens with one attached hydrogen (secondary N) is 2. The van der Waals surface area contributed by atoms with E-state index in [4.69, 9.17) is 14.2 Å². The molecule has 0 saturated carbocycles. The lowest BCUT2D eigenvalue weighted by Crippen LogP contribution is -2.22. The summed E-state index contributed by atoms with van der Waals surface area (Å²) in [4.78, 5) is 32.2. The Morgan fingerprint density at radius 3 is 2.06 bits per heavy atom. The molecule has 0 unspecified atom stereocenters. The van der Waals surface area contributed by atoms with Crippen LogP contribution in [0.5, 0.6) is 11.8 Å². The Labute approximate surface area is 196 Å². The maximum Gasteiger partial charge on any atom is 0.338 e. The van der Waals surface area contributed by atoms with Crippen molar-refractivity contribution in [3.8, 4) is 11.8 Å². The van der Waals surface area contributed by atoms with E-state index in [9.17, 15) is 18.0 Å². The molecule has 3 aromatic rings. The lowest BCUT2D eigenvalue weighted by atomic mass is 10.2. The molecule has 0 radical (unpaired) electrons. The van der Waals surface area contributed by atoms with Gasteiger partial charge in [0.25, 0.3) is 15.9 Å². The van der Waals surface area contributed by atoms with Crippen molar-refractivity contribution < 1.29 is 32.2 Å². The van der Waals surface area contributed by atoms with Crippen molar-refractivity contribution in [2.24, 2.45) is 0 Å². The fraction of sp³-hybridized carbons (Fsp3) is 0.182. The number of carbonyl (C=O) groups excluding carboxylic acids is 2. The SMILES string of the molecule is COc1cc(OC)nc(NC(=O)COC(=O)c2ccc(S(=O)(=O)Nc3ccc(C)cc3)cc2)n1. The normalized spacial score (nSPS) is 10.8. The number of ether oxygens (including phenoxy) is 3. The fourth-order valence-electron chi connectivity index (χ4n) is 2.65. The largest absolute Gasteiger partial charge is 0.481 e. The van der Waals surface area contributed by atoms with Crippen molar-refractivity contribution in [3.05, 3.63) is 65.7 Å². The molecular weight excluding hydrogens is 464 g/mol. The molecule has 0 aliphatic carbocycles. The Balaban J connectivity index is 1.58. The number of aryl methyl sites for hydroxylation is 1. The molecule has 0 aliphatic rings. The number of nitrogens with zero attached hydrogens (tertiary/aromatic N) is 2. The average molecular weight is 487 g/mol. The zero-order valence-electron chi connectivity index (χ0n) is 18.6. The number of hydrogen-bond acceptors (Lipinski definition) is 9. The van der Waals surface area contributed by atoms with Gasteiger partial charge < -0.3 is 14.2 Å². The first-order valence-corrected chi connectivity index (χ1v) is 11.3. The van der Waals surface area contributed by atoms with Crippen LogP contribution in [0.25, 0.3) is 0 Å². The molecule has 3 rings (SSSR count). The third-order valence-electron chi connectivity index (χ3n) is 4.39. The summed E-state index contributed by atoms with van der Waals surface area (Å²) < 4.78 is 42.5. The zero-order chi connectivity index (χ0) is 24.7. The van der Waals surface area contributed by atoms with Gasteiger partial charge in [-0.05, 0) is 43.3 Å². The number of esters is 1. The van der Waals surface area contributed by atoms with Crippen LogP contribution < -0.4 is 19.5 Å². The second-order valence-corrected chi connectivity index (χ2v) is 8.58. The van der Waals surface area contributed by atoms with Crippen molar-refractivity contribution in [1.29, 1.82) is 0 Å². The molecule has 1 amide bonds. The van der Waals surface area contributed by atoms with Crippen molar-refractivity contribution >= 4 is 33.5 Å². The minimum absolute atomic E-state index is 0.0357. The average Bonchev–Trinajstić information content (AvgIpc) is 2.83. The minimum atomic E-state index is -3.84. The van der Waals surface area contributed by atoms with Gasteiger partial charge in [-0.25, -0.2) is 13.2 Å². The molecule has 0 spiro atoms. The molecule has 1 heterocycles. The van der Waals surface area contributed by atoms with Crippen LogP contribution in [0.15, 0.2) is 59.5 Å². The highest BCUT2D eigenvalue weighted by atomic mass is 32.2. The maximum atomic E-state index is 12.5. The van der Waals surface area contributed by atoms with Crippen LogP contribution >= 0.6 is 0 Å². The van der Waals surface area contributed by atoms with E-state index in [2.05, 4.69) is 20.0 Å². The standard InChI is InChI=1S/C22H22N4O7S/c1-14-4-8-16(9-5-14)26-34(29,30)17-10-6-15(7-11-17)21(28)33-13-18(27)23-22-24-19(31-2)12-20(25-22)32-3/h4-12,26H,13H2,1-3H3,(H,23,24,25,27). The van der Waals surface area contributed by atoms with Gasteiger partial charge in [0.2, 0.25) is 17.7 Å². The van der Waals surface area contributed by atoms with E-state index in [1.807, 2.05) is 6.92 Å². The molecule has 2 aromatic carbocycles. The maximum absolute atomic E-state index is 12.5. The topological polar surface area (TPSA) is 146 Å². The molecule has 34 heavy (non-hydrogen) atoms. The van der Waals surface area contributed by atoms with Crippen molar-refractivity contribution in [2.75, 3.05) is 30.9 Å². The summed E-state index contributed by atoms with van der Waals surface area (Å²) in [6, 6.07) is 13.4. The number of anilines is 2. The zero-order valence-corrected chi connectivity index (χ0v) is 19.4. The van der Waals surface area contributed by atoms with Gasteiger partial charge >= 0.3 is 5.97 Å². The van der Waals surface area contributed by atoms with Gasteiger partial charge in [-0.3, -0.25) is 14.8 Å². The molecule has 0 fully saturated rings. The van der Waals surface area contributed by atoms with Gasteiger partial charge in [0, 0.05) is 5.69 Å². The van der Waals surface area contributed by atoms with Crippen LogP contribution in [0.1, 0.15) is 15.9 Å². The van der Waals surface area contributed by atoms with Crippen molar-refractivity contribution in [3.63, 3.8) is 0 Å². The number of hydrogen-bond donors (Lipinski definition) is 2. The Bertz CT molecular complexity index is 1260. The van der Waals surface area contributed by atoms with Crippen LogP contribution in [-0.2, 0) is 19.6 Å². The Morgan fingerprint density at radius 2 is 1.50 bits per heavy atom. The molecule has 0 aliphatic heterocycles. The summed E-state index contributed by atoms with van der Waals surface area (Å²) in [5, 5.41) is 2.37. The molecule has 178 valence electrons. The first kappa shape index (κ1) is 24.5. The van der Waals surface area contributed by atoms with Crippen LogP contribution in [0.3, 0.4) is 0 Å². The highest BCUT2D eigenvalue weighted by molar-refractivity contribution is 7.92. The predicted molar refractivity (Wildman–Crippen MR) is 122 cm³/mol. The number of amides is 1. The summed E-state index contributed by atoms with van der Waals surface area (Å²) in [5.74, 6) is -1.25. The number of benzene rings is 2. The monoisotopic (exact) mass is 486 g/mol. The number of carbonyl (C=O) groups is 2. The van der Waals surface area contributed by atoms with Crippen LogP contribution in [-0.4, -0.2) is 51.1 Å². The molecule has 1 aromatic heterocycles. The van der Waals surface area contributed by atoms with Gasteiger partial charge in [0.15, 0.2) is 6.61 Å². The van der Waals surface area contributed by atoms with E-state index in [0.29, 0.717) is 5.69 Å². The molecule has 0 atom stereocenters. The Kier molecular flexibility index (Phi) is 7.64. The van der Waals surface area contributed by atoms with Crippen LogP contribution in [0, 0.1) is 6.92 Å². The summed E-state index contributed by atoms with van der Waals surface area (Å²) >= 11 is 0. The smallest absolute Gasteiger partial charge is 0.338 e. The summed E-state index contributed by atoms with van der Waals surface area (Å²) in [6.45, 7) is 1.28. The van der Waals surface area contributed by atoms with E-state index in [1.165, 1.54) is 44.6 Å². The summed E-state index contributed by atoms with van der Waals surface area (Å²) in [5.41, 5.74) is 1.48. The molecule has 11 nitrogen and oxygen atoms in total. The highest BCUT2D eigenvalue weighted by Crippen LogP contribution is 2.18. The number of aromatic nitrogens is 2. The van der Waals surface area contributed by atoms with Gasteiger partial charge in [0.1, 0.15) is 0 Å². The van der Waals surface area contributed by atoms with Crippen LogP contribution in [0.2, 0.25) is 0 Å². The molecular formula is C22H22N4O7S. The summed E-state index contributed by atoms with van der Waals surface area (Å²) in [6.07, 6.45) is 0. The molecule has 0 bridgehead atoms. The second kappa shape index (κ2) is 10.6. The van der Waals surface area contributed by atoms with E-state index >= 15 is 0 Å². The highest BCUT2D eigenvalue weighted by Gasteiger charge is 2.17. The lowest BCUT2D eigenvalue weighted by Gasteiger charge is -2.10. The Morgan fingerprint density at radius 1 is 0.912 bits per heavy atom. The predicted octanol–water partition coefficient (Wildman–Crippen LogP) is 2.40. The number of rotatable bonds is 9. The first-order valence-electron chi connectivity index (χ1n) is 9.84. The Hall–Kier alpha value is -4.19. The van der Waals surface area contributed by atoms with E-state index in [1.54, 1.807) is 24.3 Å². The van der Waals surface area contributed by atoms with Crippen LogP contribution in [0.4, 0.5) is 11.6 Å². The van der Waals surface area contributed by atoms with Crippen molar-refractivity contribution in [1.82, 2.24) is 9.97 Å². The minimum Gasteiger partial charge on any atom is -0.481 e. The van der Waals surface area contributed by atoms with E-state index in [-0.39, 0.29) is 28.2 Å². The van der Waals surface area contributed by atoms with Gasteiger partial charge in [0.05, 0.1) is 30.7 Å². The molecule has 0 saturated heterocycles. The third-order valence-corrected chi connectivity index (χ3v) is 5.78. The van der Waals surface area contributed by atoms with Gasteiger partial charge in [-0.1, -0.05) is 17.7 Å². The first-order chi connectivity index (χ1) is 16.2. The number of sulfonamides is 1. The van der Waals surface area contributed by atoms with Gasteiger partial charge in [-0.15, -0.1) is 0 Å². The lowest BCUT2D eigenvalue weighted by molar-refractivity contribution is -0.119. The quantitative estimate of drug-likeness (QED) is 0.435. The second-order valence-electron chi connectivity index (χ2n) is 6.90. The molecule has 12 heteroatoms. The van der Waals surface area contributed by atoms with E-state index < -0.39 is 28.5 Å². The summed E-state index contributed by atoms with van der Waals surface area (Å²) in [7, 11) is -1.05. The van der Waals surface area contributed by atoms with Crippen molar-refractivity contribution in [2.45, 2.75) is 11.8 Å². The number of methoxy groups -OCH3 is 2. The van der Waals surface area contributed by atoms with E-state index in [0.717, 1.165) is 5.56 Å². The van der Waals surface area contributed by atoms with Gasteiger partial charge in [-0.2, -0.15) is 9.97 Å². The fourth-order valence-corrected chi connectivity index (χ4v) is 3.71. The molecule has 2 N–H and O–H groups in total. The third kappa shape index (κ3) is 6.42.